The van der Waals surface area contributed by atoms with Crippen molar-refractivity contribution < 1.29 is 18.7 Å². The predicted octanol–water partition coefficient (Wildman–Crippen LogP) is 4.60. The van der Waals surface area contributed by atoms with E-state index in [1.54, 1.807) is 12.1 Å². The Morgan fingerprint density at radius 2 is 1.89 bits per heavy atom. The summed E-state index contributed by atoms with van der Waals surface area (Å²) in [6, 6.07) is 13.5. The van der Waals surface area contributed by atoms with Crippen molar-refractivity contribution in [2.45, 2.75) is 19.4 Å². The number of halogens is 2. The summed E-state index contributed by atoms with van der Waals surface area (Å²) in [7, 11) is 0. The minimum absolute atomic E-state index is 0.281. The molecule has 1 heterocycles. The van der Waals surface area contributed by atoms with Gasteiger partial charge in [0.05, 0.1) is 5.02 Å². The lowest BCUT2D eigenvalue weighted by molar-refractivity contribution is -0.129. The van der Waals surface area contributed by atoms with Crippen molar-refractivity contribution in [3.63, 3.8) is 0 Å². The van der Waals surface area contributed by atoms with Gasteiger partial charge < -0.3 is 10.1 Å². The topological polar surface area (TPSA) is 55.4 Å². The third kappa shape index (κ3) is 4.64. The van der Waals surface area contributed by atoms with Crippen LogP contribution in [0.1, 0.15) is 22.2 Å². The molecule has 4 nitrogen and oxygen atoms in total. The van der Waals surface area contributed by atoms with Crippen molar-refractivity contribution in [2.24, 2.45) is 0 Å². The van der Waals surface area contributed by atoms with E-state index in [1.807, 2.05) is 24.3 Å². The zero-order chi connectivity index (χ0) is 19.4. The molecular formula is C20H17ClFNO3S. The molecule has 0 fully saturated rings. The highest BCUT2D eigenvalue weighted by Gasteiger charge is 2.23. The average molecular weight is 406 g/mol. The number of nitrogens with one attached hydrogen (secondary N) is 1. The van der Waals surface area contributed by atoms with E-state index in [0.717, 1.165) is 15.6 Å². The Morgan fingerprint density at radius 3 is 2.59 bits per heavy atom. The minimum atomic E-state index is -0.952. The number of esters is 1. The summed E-state index contributed by atoms with van der Waals surface area (Å²) in [5, 5.41) is 3.83. The Kier molecular flexibility index (Phi) is 6.08. The zero-order valence-corrected chi connectivity index (χ0v) is 16.1. The highest BCUT2D eigenvalue weighted by Crippen LogP contribution is 2.35. The molecule has 0 saturated carbocycles. The Morgan fingerprint density at radius 1 is 1.19 bits per heavy atom. The summed E-state index contributed by atoms with van der Waals surface area (Å²) >= 11 is 7.49. The largest absolute Gasteiger partial charge is 0.448 e. The molecule has 1 aromatic heterocycles. The first-order chi connectivity index (χ1) is 13.0. The number of rotatable bonds is 6. The van der Waals surface area contributed by atoms with Gasteiger partial charge in [-0.2, -0.15) is 0 Å². The number of fused-ring (bicyclic) bond motifs is 1. The third-order valence-electron chi connectivity index (χ3n) is 4.00. The number of hydrogen-bond donors (Lipinski definition) is 1. The van der Waals surface area contributed by atoms with Crippen LogP contribution >= 0.6 is 22.9 Å². The van der Waals surface area contributed by atoms with Crippen LogP contribution in [0, 0.1) is 5.82 Å². The molecule has 3 rings (SSSR count). The smallest absolute Gasteiger partial charge is 0.350 e. The van der Waals surface area contributed by atoms with Crippen molar-refractivity contribution in [2.75, 3.05) is 6.54 Å². The summed E-state index contributed by atoms with van der Waals surface area (Å²) < 4.78 is 19.0. The molecule has 3 aromatic rings. The minimum Gasteiger partial charge on any atom is -0.448 e. The van der Waals surface area contributed by atoms with Crippen molar-refractivity contribution in [3.05, 3.63) is 69.8 Å². The normalized spacial score (nSPS) is 12.0. The van der Waals surface area contributed by atoms with Crippen LogP contribution in [0.25, 0.3) is 10.1 Å². The van der Waals surface area contributed by atoms with Crippen LogP contribution in [0.2, 0.25) is 5.02 Å². The van der Waals surface area contributed by atoms with Gasteiger partial charge in [-0.1, -0.05) is 41.9 Å². The number of ether oxygens (including phenoxy) is 1. The summed E-state index contributed by atoms with van der Waals surface area (Å²) in [5.41, 5.74) is 0.901. The van der Waals surface area contributed by atoms with Crippen molar-refractivity contribution in [3.8, 4) is 0 Å². The van der Waals surface area contributed by atoms with Crippen LogP contribution in [-0.4, -0.2) is 24.5 Å². The van der Waals surface area contributed by atoms with E-state index in [0.29, 0.717) is 18.0 Å². The fourth-order valence-electron chi connectivity index (χ4n) is 2.54. The molecule has 0 radical (unpaired) electrons. The number of amides is 1. The van der Waals surface area contributed by atoms with Gasteiger partial charge in [-0.15, -0.1) is 11.3 Å². The quantitative estimate of drug-likeness (QED) is 0.610. The summed E-state index contributed by atoms with van der Waals surface area (Å²) in [4.78, 5) is 24.8. The van der Waals surface area contributed by atoms with Crippen molar-refractivity contribution in [1.29, 1.82) is 0 Å². The average Bonchev–Trinajstić information content (AvgIpc) is 3.00. The predicted molar refractivity (Wildman–Crippen MR) is 105 cm³/mol. The molecule has 0 aliphatic heterocycles. The molecule has 0 aliphatic carbocycles. The van der Waals surface area contributed by atoms with Crippen LogP contribution in [-0.2, 0) is 16.0 Å². The summed E-state index contributed by atoms with van der Waals surface area (Å²) in [6.45, 7) is 1.86. The van der Waals surface area contributed by atoms with Crippen LogP contribution < -0.4 is 5.32 Å². The van der Waals surface area contributed by atoms with Gasteiger partial charge in [0.1, 0.15) is 10.7 Å². The van der Waals surface area contributed by atoms with Gasteiger partial charge in [0.25, 0.3) is 5.91 Å². The molecule has 1 N–H and O–H groups in total. The molecule has 1 amide bonds. The zero-order valence-electron chi connectivity index (χ0n) is 14.5. The molecule has 0 spiro atoms. The molecule has 0 saturated heterocycles. The SMILES string of the molecule is C[C@@H](OC(=O)c1sc2ccccc2c1Cl)C(=O)NCCc1ccc(F)cc1. The molecule has 27 heavy (non-hydrogen) atoms. The first-order valence-electron chi connectivity index (χ1n) is 8.36. The van der Waals surface area contributed by atoms with Crippen LogP contribution in [0.3, 0.4) is 0 Å². The van der Waals surface area contributed by atoms with E-state index in [-0.39, 0.29) is 10.7 Å². The molecule has 0 aliphatic rings. The Hall–Kier alpha value is -2.44. The molecular weight excluding hydrogens is 389 g/mol. The van der Waals surface area contributed by atoms with Crippen LogP contribution in [0.4, 0.5) is 4.39 Å². The van der Waals surface area contributed by atoms with Crippen molar-refractivity contribution >= 4 is 44.9 Å². The van der Waals surface area contributed by atoms with Crippen LogP contribution in [0.15, 0.2) is 48.5 Å². The lowest BCUT2D eigenvalue weighted by atomic mass is 10.1. The number of carbonyl (C=O) groups excluding carboxylic acids is 2. The van der Waals surface area contributed by atoms with Gasteiger partial charge in [-0.25, -0.2) is 9.18 Å². The number of thiophene rings is 1. The lowest BCUT2D eigenvalue weighted by Gasteiger charge is -2.13. The second-order valence-corrected chi connectivity index (χ2v) is 7.39. The van der Waals surface area contributed by atoms with E-state index < -0.39 is 18.0 Å². The Balaban J connectivity index is 1.54. The van der Waals surface area contributed by atoms with E-state index >= 15 is 0 Å². The first-order valence-corrected chi connectivity index (χ1v) is 9.55. The van der Waals surface area contributed by atoms with E-state index in [1.165, 1.54) is 30.4 Å². The van der Waals surface area contributed by atoms with Gasteiger partial charge >= 0.3 is 5.97 Å². The van der Waals surface area contributed by atoms with E-state index in [2.05, 4.69) is 5.32 Å². The second kappa shape index (κ2) is 8.50. The summed E-state index contributed by atoms with van der Waals surface area (Å²) in [5.74, 6) is -1.33. The number of benzene rings is 2. The number of hydrogen-bond acceptors (Lipinski definition) is 4. The first kappa shape index (κ1) is 19.3. The van der Waals surface area contributed by atoms with E-state index in [4.69, 9.17) is 16.3 Å². The van der Waals surface area contributed by atoms with Gasteiger partial charge in [0.2, 0.25) is 0 Å². The molecule has 140 valence electrons. The molecule has 7 heteroatoms. The Labute approximate surface area is 164 Å². The molecule has 1 atom stereocenters. The maximum absolute atomic E-state index is 12.9. The van der Waals surface area contributed by atoms with Crippen LogP contribution in [0.5, 0.6) is 0 Å². The Bertz CT molecular complexity index is 971. The molecule has 0 unspecified atom stereocenters. The monoisotopic (exact) mass is 405 g/mol. The number of carbonyl (C=O) groups is 2. The maximum atomic E-state index is 12.9. The highest BCUT2D eigenvalue weighted by atomic mass is 35.5. The fraction of sp³-hybridized carbons (Fsp3) is 0.200. The summed E-state index contributed by atoms with van der Waals surface area (Å²) in [6.07, 6.45) is -0.401. The van der Waals surface area contributed by atoms with E-state index in [9.17, 15) is 14.0 Å². The van der Waals surface area contributed by atoms with Gasteiger partial charge in [0.15, 0.2) is 6.10 Å². The van der Waals surface area contributed by atoms with Gasteiger partial charge in [-0.3, -0.25) is 4.79 Å². The van der Waals surface area contributed by atoms with Crippen molar-refractivity contribution in [1.82, 2.24) is 5.32 Å². The highest BCUT2D eigenvalue weighted by molar-refractivity contribution is 7.21. The standard InChI is InChI=1S/C20H17ClFNO3S/c1-12(19(24)23-11-10-13-6-8-14(22)9-7-13)26-20(25)18-17(21)15-4-2-3-5-16(15)27-18/h2-9,12H,10-11H2,1H3,(H,23,24)/t12-/m1/s1. The van der Waals surface area contributed by atoms with Gasteiger partial charge in [-0.05, 0) is 37.1 Å². The molecule has 0 bridgehead atoms. The third-order valence-corrected chi connectivity index (χ3v) is 5.65. The van der Waals surface area contributed by atoms with Gasteiger partial charge in [0, 0.05) is 16.6 Å². The maximum Gasteiger partial charge on any atom is 0.350 e. The lowest BCUT2D eigenvalue weighted by Crippen LogP contribution is -2.36. The second-order valence-electron chi connectivity index (χ2n) is 5.96. The molecule has 2 aromatic carbocycles. The fourth-order valence-corrected chi connectivity index (χ4v) is 3.93.